The number of carbonyl (C=O) groups excluding carboxylic acids is 2. The van der Waals surface area contributed by atoms with Crippen molar-refractivity contribution >= 4 is 11.8 Å². The van der Waals surface area contributed by atoms with Gasteiger partial charge in [-0.05, 0) is 17.7 Å². The molecule has 5 nitrogen and oxygen atoms in total. The van der Waals surface area contributed by atoms with Crippen LogP contribution in [0.2, 0.25) is 0 Å². The Hall–Kier alpha value is -2.04. The van der Waals surface area contributed by atoms with E-state index in [0.717, 1.165) is 11.3 Å². The number of amides is 2. The van der Waals surface area contributed by atoms with Gasteiger partial charge in [0.15, 0.2) is 0 Å². The van der Waals surface area contributed by atoms with Gasteiger partial charge in [0.2, 0.25) is 11.8 Å². The van der Waals surface area contributed by atoms with Crippen molar-refractivity contribution in [3.8, 4) is 5.75 Å². The molecule has 1 N–H and O–H groups in total. The predicted octanol–water partition coefficient (Wildman–Crippen LogP) is 0.154. The number of nitrogens with zero attached hydrogens (tertiary/aromatic N) is 1. The van der Waals surface area contributed by atoms with Crippen LogP contribution in [0.4, 0.5) is 0 Å². The van der Waals surface area contributed by atoms with E-state index in [0.29, 0.717) is 6.54 Å². The normalized spacial score (nSPS) is 15.7. The lowest BCUT2D eigenvalue weighted by Crippen LogP contribution is -2.50. The molecule has 2 rings (SSSR count). The average molecular weight is 234 g/mol. The fourth-order valence-electron chi connectivity index (χ4n) is 1.70. The number of hydrogen-bond acceptors (Lipinski definition) is 3. The highest BCUT2D eigenvalue weighted by atomic mass is 16.5. The van der Waals surface area contributed by atoms with Crippen molar-refractivity contribution in [3.05, 3.63) is 29.8 Å². The van der Waals surface area contributed by atoms with E-state index in [4.69, 9.17) is 4.74 Å². The van der Waals surface area contributed by atoms with E-state index in [9.17, 15) is 9.59 Å². The summed E-state index contributed by atoms with van der Waals surface area (Å²) in [5.74, 6) is 0.606. The van der Waals surface area contributed by atoms with Gasteiger partial charge in [-0.25, -0.2) is 0 Å². The smallest absolute Gasteiger partial charge is 0.242 e. The minimum atomic E-state index is -0.113. The maximum atomic E-state index is 11.6. The molecular weight excluding hydrogens is 220 g/mol. The van der Waals surface area contributed by atoms with Gasteiger partial charge in [0.05, 0.1) is 20.2 Å². The summed E-state index contributed by atoms with van der Waals surface area (Å²) in [6.45, 7) is 0.677. The fraction of sp³-hybridized carbons (Fsp3) is 0.333. The van der Waals surface area contributed by atoms with Crippen molar-refractivity contribution < 1.29 is 14.3 Å². The average Bonchev–Trinajstić information content (AvgIpc) is 2.35. The number of methoxy groups -OCH3 is 1. The molecule has 1 aliphatic rings. The predicted molar refractivity (Wildman–Crippen MR) is 61.4 cm³/mol. The zero-order valence-electron chi connectivity index (χ0n) is 9.60. The summed E-state index contributed by atoms with van der Waals surface area (Å²) in [5.41, 5.74) is 0.980. The molecule has 0 aromatic heterocycles. The molecule has 1 aliphatic heterocycles. The van der Waals surface area contributed by atoms with Crippen LogP contribution < -0.4 is 10.1 Å². The summed E-state index contributed by atoms with van der Waals surface area (Å²) in [5, 5.41) is 2.52. The molecule has 1 aromatic rings. The number of piperazine rings is 1. The van der Waals surface area contributed by atoms with Crippen LogP contribution in [0.15, 0.2) is 24.3 Å². The van der Waals surface area contributed by atoms with Gasteiger partial charge in [-0.3, -0.25) is 9.59 Å². The van der Waals surface area contributed by atoms with Gasteiger partial charge in [0, 0.05) is 6.54 Å². The molecule has 1 heterocycles. The molecule has 5 heteroatoms. The Balaban J connectivity index is 2.03. The van der Waals surface area contributed by atoms with Crippen molar-refractivity contribution in [2.75, 3.05) is 20.2 Å². The first kappa shape index (κ1) is 11.4. The van der Waals surface area contributed by atoms with E-state index in [1.54, 1.807) is 12.0 Å². The Bertz CT molecular complexity index is 428. The van der Waals surface area contributed by atoms with Gasteiger partial charge in [0.25, 0.3) is 0 Å². The molecular formula is C12H14N2O3. The summed E-state index contributed by atoms with van der Waals surface area (Å²) < 4.78 is 5.05. The maximum Gasteiger partial charge on any atom is 0.242 e. The van der Waals surface area contributed by atoms with Crippen LogP contribution >= 0.6 is 0 Å². The SMILES string of the molecule is COc1ccc(CN2CC(=O)NCC2=O)cc1. The Kier molecular flexibility index (Phi) is 3.27. The third-order valence-electron chi connectivity index (χ3n) is 2.66. The van der Waals surface area contributed by atoms with Crippen LogP contribution in [-0.4, -0.2) is 36.9 Å². The maximum absolute atomic E-state index is 11.6. The molecule has 0 spiro atoms. The van der Waals surface area contributed by atoms with Crippen LogP contribution in [0.1, 0.15) is 5.56 Å². The van der Waals surface area contributed by atoms with Crippen molar-refractivity contribution in [2.24, 2.45) is 0 Å². The molecule has 1 saturated heterocycles. The van der Waals surface area contributed by atoms with Gasteiger partial charge in [-0.1, -0.05) is 12.1 Å². The molecule has 17 heavy (non-hydrogen) atoms. The number of nitrogens with one attached hydrogen (secondary N) is 1. The first-order valence-corrected chi connectivity index (χ1v) is 5.36. The van der Waals surface area contributed by atoms with E-state index in [1.165, 1.54) is 0 Å². The number of hydrogen-bond donors (Lipinski definition) is 1. The monoisotopic (exact) mass is 234 g/mol. The molecule has 0 unspecified atom stereocenters. The number of benzene rings is 1. The Labute approximate surface area is 99.4 Å². The molecule has 1 fully saturated rings. The first-order chi connectivity index (χ1) is 8.19. The lowest BCUT2D eigenvalue weighted by atomic mass is 10.2. The van der Waals surface area contributed by atoms with E-state index >= 15 is 0 Å². The zero-order chi connectivity index (χ0) is 12.3. The van der Waals surface area contributed by atoms with Crippen LogP contribution in [0.3, 0.4) is 0 Å². The summed E-state index contributed by atoms with van der Waals surface area (Å²) in [7, 11) is 1.60. The minimum Gasteiger partial charge on any atom is -0.497 e. The Morgan fingerprint density at radius 1 is 1.29 bits per heavy atom. The highest BCUT2D eigenvalue weighted by Gasteiger charge is 2.22. The topological polar surface area (TPSA) is 58.6 Å². The summed E-state index contributed by atoms with van der Waals surface area (Å²) in [6, 6.07) is 7.45. The van der Waals surface area contributed by atoms with Crippen molar-refractivity contribution in [2.45, 2.75) is 6.54 Å². The summed E-state index contributed by atoms with van der Waals surface area (Å²) in [4.78, 5) is 24.3. The molecule has 2 amide bonds. The van der Waals surface area contributed by atoms with E-state index in [-0.39, 0.29) is 24.9 Å². The highest BCUT2D eigenvalue weighted by molar-refractivity contribution is 5.92. The summed E-state index contributed by atoms with van der Waals surface area (Å²) in [6.07, 6.45) is 0. The first-order valence-electron chi connectivity index (χ1n) is 5.36. The lowest BCUT2D eigenvalue weighted by molar-refractivity contribution is -0.141. The third kappa shape index (κ3) is 2.75. The number of ether oxygens (including phenoxy) is 1. The Morgan fingerprint density at radius 3 is 2.65 bits per heavy atom. The number of rotatable bonds is 3. The van der Waals surface area contributed by atoms with E-state index < -0.39 is 0 Å². The van der Waals surface area contributed by atoms with Crippen LogP contribution in [0.25, 0.3) is 0 Å². The zero-order valence-corrected chi connectivity index (χ0v) is 9.60. The molecule has 0 aliphatic carbocycles. The molecule has 0 bridgehead atoms. The van der Waals surface area contributed by atoms with Gasteiger partial charge in [0.1, 0.15) is 5.75 Å². The fourth-order valence-corrected chi connectivity index (χ4v) is 1.70. The van der Waals surface area contributed by atoms with Crippen LogP contribution in [0, 0.1) is 0 Å². The van der Waals surface area contributed by atoms with E-state index in [1.807, 2.05) is 24.3 Å². The van der Waals surface area contributed by atoms with E-state index in [2.05, 4.69) is 5.32 Å². The largest absolute Gasteiger partial charge is 0.497 e. The van der Waals surface area contributed by atoms with Crippen molar-refractivity contribution in [1.29, 1.82) is 0 Å². The molecule has 90 valence electrons. The minimum absolute atomic E-state index is 0.0552. The third-order valence-corrected chi connectivity index (χ3v) is 2.66. The Morgan fingerprint density at radius 2 is 2.00 bits per heavy atom. The second kappa shape index (κ2) is 4.86. The van der Waals surface area contributed by atoms with Gasteiger partial charge < -0.3 is 15.0 Å². The van der Waals surface area contributed by atoms with Crippen LogP contribution in [-0.2, 0) is 16.1 Å². The second-order valence-corrected chi connectivity index (χ2v) is 3.87. The van der Waals surface area contributed by atoms with Gasteiger partial charge in [-0.2, -0.15) is 0 Å². The molecule has 0 atom stereocenters. The molecule has 0 radical (unpaired) electrons. The standard InChI is InChI=1S/C12H14N2O3/c1-17-10-4-2-9(3-5-10)7-14-8-11(15)13-6-12(14)16/h2-5H,6-8H2,1H3,(H,13,15). The van der Waals surface area contributed by atoms with Gasteiger partial charge in [-0.15, -0.1) is 0 Å². The molecule has 0 saturated carbocycles. The molecule has 1 aromatic carbocycles. The lowest BCUT2D eigenvalue weighted by Gasteiger charge is -2.26. The van der Waals surface area contributed by atoms with Crippen molar-refractivity contribution in [1.82, 2.24) is 10.2 Å². The second-order valence-electron chi connectivity index (χ2n) is 3.87. The summed E-state index contributed by atoms with van der Waals surface area (Å²) >= 11 is 0. The van der Waals surface area contributed by atoms with Crippen molar-refractivity contribution in [3.63, 3.8) is 0 Å². The number of carbonyl (C=O) groups is 2. The van der Waals surface area contributed by atoms with Crippen LogP contribution in [0.5, 0.6) is 5.75 Å². The highest BCUT2D eigenvalue weighted by Crippen LogP contribution is 2.13. The quantitative estimate of drug-likeness (QED) is 0.810. The van der Waals surface area contributed by atoms with Gasteiger partial charge >= 0.3 is 0 Å².